The van der Waals surface area contributed by atoms with E-state index in [2.05, 4.69) is 29.0 Å². The summed E-state index contributed by atoms with van der Waals surface area (Å²) in [7, 11) is 0. The van der Waals surface area contributed by atoms with E-state index >= 15 is 0 Å². The van der Waals surface area contributed by atoms with Crippen LogP contribution in [0.15, 0.2) is 6.20 Å². The maximum absolute atomic E-state index is 11.6. The molecule has 2 rings (SSSR count). The van der Waals surface area contributed by atoms with Crippen LogP contribution in [-0.4, -0.2) is 35.2 Å². The number of unbranched alkanes of at least 4 members (excludes halogenated alkanes) is 1. The van der Waals surface area contributed by atoms with Crippen molar-refractivity contribution in [1.29, 1.82) is 0 Å². The zero-order chi connectivity index (χ0) is 15.1. The maximum atomic E-state index is 11.6. The lowest BCUT2D eigenvalue weighted by Crippen LogP contribution is -2.36. The first-order chi connectivity index (χ1) is 10.2. The first-order valence-electron chi connectivity index (χ1n) is 7.81. The molecule has 5 nitrogen and oxygen atoms in total. The number of aromatic nitrogens is 1. The summed E-state index contributed by atoms with van der Waals surface area (Å²) in [6, 6.07) is 0.635. The summed E-state index contributed by atoms with van der Waals surface area (Å²) in [6.45, 7) is 6.89. The third kappa shape index (κ3) is 5.28. The molecule has 1 N–H and O–H groups in total. The van der Waals surface area contributed by atoms with Crippen LogP contribution < -0.4 is 5.32 Å². The molecule has 118 valence electrons. The first-order valence-corrected chi connectivity index (χ1v) is 8.63. The van der Waals surface area contributed by atoms with Crippen LogP contribution >= 0.6 is 11.3 Å². The van der Waals surface area contributed by atoms with Crippen LogP contribution in [0.2, 0.25) is 0 Å². The fourth-order valence-electron chi connectivity index (χ4n) is 2.46. The summed E-state index contributed by atoms with van der Waals surface area (Å²) in [5.41, 5.74) is 0. The van der Waals surface area contributed by atoms with E-state index < -0.39 is 6.09 Å². The van der Waals surface area contributed by atoms with Gasteiger partial charge in [0.25, 0.3) is 0 Å². The van der Waals surface area contributed by atoms with Crippen molar-refractivity contribution in [3.8, 4) is 0 Å². The summed E-state index contributed by atoms with van der Waals surface area (Å²) < 4.78 is 5.07. The van der Waals surface area contributed by atoms with E-state index in [4.69, 9.17) is 4.74 Å². The third-order valence-corrected chi connectivity index (χ3v) is 4.69. The number of amides is 1. The number of nitrogens with zero attached hydrogens (tertiary/aromatic N) is 2. The topological polar surface area (TPSA) is 54.5 Å². The Morgan fingerprint density at radius 1 is 1.57 bits per heavy atom. The minimum atomic E-state index is -0.407. The van der Waals surface area contributed by atoms with Crippen molar-refractivity contribution in [2.75, 3.05) is 18.5 Å². The Morgan fingerprint density at radius 3 is 3.19 bits per heavy atom. The molecule has 0 radical (unpaired) electrons. The number of ether oxygens (including phenoxy) is 1. The van der Waals surface area contributed by atoms with E-state index in [9.17, 15) is 4.79 Å². The van der Waals surface area contributed by atoms with Crippen LogP contribution in [0.1, 0.15) is 50.8 Å². The fraction of sp³-hybridized carbons (Fsp3) is 0.733. The molecule has 6 heteroatoms. The second kappa shape index (κ2) is 8.34. The van der Waals surface area contributed by atoms with Gasteiger partial charge in [-0.25, -0.2) is 9.78 Å². The smallest absolute Gasteiger partial charge is 0.413 e. The molecular formula is C15H25N3O2S. The number of hydrogen-bond donors (Lipinski definition) is 1. The first kappa shape index (κ1) is 16.2. The highest BCUT2D eigenvalue weighted by Gasteiger charge is 2.19. The molecule has 1 fully saturated rings. The number of rotatable bonds is 6. The Kier molecular flexibility index (Phi) is 6.45. The van der Waals surface area contributed by atoms with E-state index in [-0.39, 0.29) is 0 Å². The highest BCUT2D eigenvalue weighted by molar-refractivity contribution is 7.15. The average Bonchev–Trinajstić information content (AvgIpc) is 2.89. The van der Waals surface area contributed by atoms with Crippen molar-refractivity contribution >= 4 is 22.6 Å². The van der Waals surface area contributed by atoms with Gasteiger partial charge >= 0.3 is 6.09 Å². The Hall–Kier alpha value is -1.14. The number of anilines is 1. The van der Waals surface area contributed by atoms with Crippen LogP contribution in [0.5, 0.6) is 0 Å². The van der Waals surface area contributed by atoms with Gasteiger partial charge in [0.1, 0.15) is 0 Å². The molecule has 1 aromatic rings. The van der Waals surface area contributed by atoms with Gasteiger partial charge in [-0.05, 0) is 32.7 Å². The SMILES string of the molecule is CCCCOC(=O)Nc1ncc(CN2CCCCC2C)s1. The van der Waals surface area contributed by atoms with Gasteiger partial charge in [0, 0.05) is 23.7 Å². The summed E-state index contributed by atoms with van der Waals surface area (Å²) in [4.78, 5) is 19.5. The number of hydrogen-bond acceptors (Lipinski definition) is 5. The molecule has 0 bridgehead atoms. The lowest BCUT2D eigenvalue weighted by Gasteiger charge is -2.32. The molecule has 1 amide bonds. The Balaban J connectivity index is 1.79. The Morgan fingerprint density at radius 2 is 2.43 bits per heavy atom. The highest BCUT2D eigenvalue weighted by Crippen LogP contribution is 2.24. The Bertz CT molecular complexity index is 450. The zero-order valence-electron chi connectivity index (χ0n) is 12.9. The van der Waals surface area contributed by atoms with E-state index in [1.54, 1.807) is 0 Å². The summed E-state index contributed by atoms with van der Waals surface area (Å²) in [6.07, 6.45) is 7.23. The number of piperidine rings is 1. The number of likely N-dealkylation sites (tertiary alicyclic amines) is 1. The van der Waals surface area contributed by atoms with Crippen molar-refractivity contribution in [2.24, 2.45) is 0 Å². The maximum Gasteiger partial charge on any atom is 0.413 e. The van der Waals surface area contributed by atoms with Crippen LogP contribution in [0, 0.1) is 0 Å². The lowest BCUT2D eigenvalue weighted by molar-refractivity contribution is 0.154. The second-order valence-electron chi connectivity index (χ2n) is 5.56. The predicted molar refractivity (Wildman–Crippen MR) is 85.7 cm³/mol. The van der Waals surface area contributed by atoms with E-state index in [0.29, 0.717) is 17.8 Å². The molecule has 21 heavy (non-hydrogen) atoms. The van der Waals surface area contributed by atoms with Crippen molar-refractivity contribution in [3.63, 3.8) is 0 Å². The van der Waals surface area contributed by atoms with Crippen LogP contribution in [-0.2, 0) is 11.3 Å². The molecule has 1 aromatic heterocycles. The molecule has 1 aliphatic rings. The average molecular weight is 311 g/mol. The van der Waals surface area contributed by atoms with Gasteiger partial charge < -0.3 is 4.74 Å². The van der Waals surface area contributed by atoms with Gasteiger partial charge in [0.05, 0.1) is 6.61 Å². The highest BCUT2D eigenvalue weighted by atomic mass is 32.1. The number of nitrogens with one attached hydrogen (secondary N) is 1. The second-order valence-corrected chi connectivity index (χ2v) is 6.68. The normalized spacial score (nSPS) is 19.4. The van der Waals surface area contributed by atoms with Crippen LogP contribution in [0.3, 0.4) is 0 Å². The van der Waals surface area contributed by atoms with Gasteiger partial charge in [-0.2, -0.15) is 0 Å². The van der Waals surface area contributed by atoms with Crippen molar-refractivity contribution in [3.05, 3.63) is 11.1 Å². The monoisotopic (exact) mass is 311 g/mol. The quantitative estimate of drug-likeness (QED) is 0.810. The molecule has 0 spiro atoms. The van der Waals surface area contributed by atoms with E-state index in [1.807, 2.05) is 6.20 Å². The standard InChI is InChI=1S/C15H25N3O2S/c1-3-4-9-20-15(19)17-14-16-10-13(21-14)11-18-8-6-5-7-12(18)2/h10,12H,3-9,11H2,1-2H3,(H,16,17,19). The molecule has 0 aliphatic carbocycles. The summed E-state index contributed by atoms with van der Waals surface area (Å²) in [5.74, 6) is 0. The largest absolute Gasteiger partial charge is 0.449 e. The molecule has 0 saturated carbocycles. The number of thiazole rings is 1. The Labute approximate surface area is 130 Å². The third-order valence-electron chi connectivity index (χ3n) is 3.79. The van der Waals surface area contributed by atoms with E-state index in [1.165, 1.54) is 35.5 Å². The minimum Gasteiger partial charge on any atom is -0.449 e. The van der Waals surface area contributed by atoms with Crippen molar-refractivity contribution < 1.29 is 9.53 Å². The molecule has 2 heterocycles. The van der Waals surface area contributed by atoms with Gasteiger partial charge in [-0.1, -0.05) is 19.8 Å². The van der Waals surface area contributed by atoms with Gasteiger partial charge in [0.15, 0.2) is 5.13 Å². The fourth-order valence-corrected chi connectivity index (χ4v) is 3.29. The molecule has 0 aromatic carbocycles. The number of carbonyl (C=O) groups excluding carboxylic acids is 1. The molecule has 1 atom stereocenters. The molecular weight excluding hydrogens is 286 g/mol. The van der Waals surface area contributed by atoms with Crippen LogP contribution in [0.4, 0.5) is 9.93 Å². The zero-order valence-corrected chi connectivity index (χ0v) is 13.7. The van der Waals surface area contributed by atoms with Crippen LogP contribution in [0.25, 0.3) is 0 Å². The lowest BCUT2D eigenvalue weighted by atomic mass is 10.0. The predicted octanol–water partition coefficient (Wildman–Crippen LogP) is 3.87. The number of carbonyl (C=O) groups is 1. The molecule has 1 saturated heterocycles. The molecule has 1 aliphatic heterocycles. The van der Waals surface area contributed by atoms with E-state index in [0.717, 1.165) is 25.9 Å². The van der Waals surface area contributed by atoms with Crippen molar-refractivity contribution in [2.45, 2.75) is 58.5 Å². The van der Waals surface area contributed by atoms with Crippen molar-refractivity contribution in [1.82, 2.24) is 9.88 Å². The minimum absolute atomic E-state index is 0.407. The van der Waals surface area contributed by atoms with Gasteiger partial charge in [-0.15, -0.1) is 11.3 Å². The van der Waals surface area contributed by atoms with Gasteiger partial charge in [0.2, 0.25) is 0 Å². The van der Waals surface area contributed by atoms with Gasteiger partial charge in [-0.3, -0.25) is 10.2 Å². The summed E-state index contributed by atoms with van der Waals surface area (Å²) in [5, 5.41) is 3.32. The summed E-state index contributed by atoms with van der Waals surface area (Å²) >= 11 is 1.53. The molecule has 1 unspecified atom stereocenters.